The van der Waals surface area contributed by atoms with Crippen molar-refractivity contribution < 1.29 is 14.4 Å². The van der Waals surface area contributed by atoms with E-state index in [1.165, 1.54) is 0 Å². The number of benzene rings is 2. The molecule has 0 radical (unpaired) electrons. The van der Waals surface area contributed by atoms with Gasteiger partial charge in [0.05, 0.1) is 17.3 Å². The van der Waals surface area contributed by atoms with Gasteiger partial charge in [-0.05, 0) is 49.2 Å². The molecule has 2 aromatic rings. The molecule has 32 heavy (non-hydrogen) atoms. The molecular weight excluding hydrogens is 428 g/mol. The number of anilines is 2. The molecule has 2 aliphatic rings. The van der Waals surface area contributed by atoms with Crippen LogP contribution in [0.25, 0.3) is 0 Å². The van der Waals surface area contributed by atoms with Crippen LogP contribution in [-0.4, -0.2) is 66.8 Å². The molecule has 2 aromatic carbocycles. The maximum absolute atomic E-state index is 12.9. The maximum atomic E-state index is 12.9. The Hall–Kier alpha value is -2.90. The third-order valence-electron chi connectivity index (χ3n) is 5.92. The summed E-state index contributed by atoms with van der Waals surface area (Å²) in [5, 5.41) is 3.34. The number of hydrogen-bond acceptors (Lipinski definition) is 4. The van der Waals surface area contributed by atoms with Crippen molar-refractivity contribution in [1.82, 2.24) is 9.80 Å². The number of nitrogens with one attached hydrogen (secondary N) is 1. The van der Waals surface area contributed by atoms with Gasteiger partial charge in [0.25, 0.3) is 5.91 Å². The van der Waals surface area contributed by atoms with Gasteiger partial charge in [0.15, 0.2) is 0 Å². The van der Waals surface area contributed by atoms with Gasteiger partial charge in [-0.2, -0.15) is 0 Å². The van der Waals surface area contributed by atoms with E-state index in [-0.39, 0.29) is 24.3 Å². The summed E-state index contributed by atoms with van der Waals surface area (Å²) >= 11 is 6.09. The summed E-state index contributed by atoms with van der Waals surface area (Å²) in [6.45, 7) is 3.36. The Morgan fingerprint density at radius 3 is 2.31 bits per heavy atom. The Balaban J connectivity index is 1.27. The van der Waals surface area contributed by atoms with Crippen LogP contribution in [0.1, 0.15) is 29.6 Å². The van der Waals surface area contributed by atoms with Crippen LogP contribution in [0.2, 0.25) is 5.02 Å². The number of hydrogen-bond donors (Lipinski definition) is 1. The number of halogens is 1. The Morgan fingerprint density at radius 1 is 0.906 bits per heavy atom. The molecule has 8 heteroatoms. The van der Waals surface area contributed by atoms with Crippen molar-refractivity contribution in [2.24, 2.45) is 0 Å². The second kappa shape index (κ2) is 10.1. The highest BCUT2D eigenvalue weighted by Crippen LogP contribution is 2.22. The van der Waals surface area contributed by atoms with Crippen molar-refractivity contribution in [1.29, 1.82) is 0 Å². The van der Waals surface area contributed by atoms with E-state index >= 15 is 0 Å². The highest BCUT2D eigenvalue weighted by molar-refractivity contribution is 6.33. The lowest BCUT2D eigenvalue weighted by Crippen LogP contribution is -2.50. The summed E-state index contributed by atoms with van der Waals surface area (Å²) in [7, 11) is 0. The number of piperazine rings is 1. The molecule has 0 atom stereocenters. The molecule has 7 nitrogen and oxygen atoms in total. The summed E-state index contributed by atoms with van der Waals surface area (Å²) in [5.74, 6) is -0.00700. The zero-order chi connectivity index (χ0) is 22.5. The van der Waals surface area contributed by atoms with Crippen LogP contribution < -0.4 is 10.2 Å². The molecule has 2 fully saturated rings. The average Bonchev–Trinajstić information content (AvgIpc) is 2.81. The van der Waals surface area contributed by atoms with E-state index in [2.05, 4.69) is 5.32 Å². The number of rotatable bonds is 5. The Labute approximate surface area is 192 Å². The summed E-state index contributed by atoms with van der Waals surface area (Å²) in [6.07, 6.45) is 2.54. The zero-order valence-corrected chi connectivity index (χ0v) is 18.7. The fourth-order valence-corrected chi connectivity index (χ4v) is 4.29. The predicted octanol–water partition coefficient (Wildman–Crippen LogP) is 3.25. The van der Waals surface area contributed by atoms with Crippen LogP contribution >= 0.6 is 11.6 Å². The topological polar surface area (TPSA) is 73.0 Å². The monoisotopic (exact) mass is 454 g/mol. The van der Waals surface area contributed by atoms with Crippen LogP contribution in [0.4, 0.5) is 11.4 Å². The average molecular weight is 455 g/mol. The maximum Gasteiger partial charge on any atom is 0.253 e. The minimum Gasteiger partial charge on any atom is -0.336 e. The number of carbonyl (C=O) groups excluding carboxylic acids is 3. The van der Waals surface area contributed by atoms with E-state index in [1.807, 2.05) is 34.1 Å². The summed E-state index contributed by atoms with van der Waals surface area (Å²) in [6, 6.07) is 14.4. The van der Waals surface area contributed by atoms with Crippen LogP contribution in [0, 0.1) is 0 Å². The van der Waals surface area contributed by atoms with Crippen LogP contribution in [0.5, 0.6) is 0 Å². The SMILES string of the molecule is O=C(CN1CCN(C(=O)c2ccc(N3CCCCC3=O)cc2)CC1)Nc1ccccc1Cl. The molecular formula is C24H27ClN4O3. The van der Waals surface area contributed by atoms with Crippen LogP contribution in [0.3, 0.4) is 0 Å². The lowest BCUT2D eigenvalue weighted by molar-refractivity contribution is -0.119. The van der Waals surface area contributed by atoms with E-state index in [0.717, 1.165) is 25.1 Å². The fraction of sp³-hybridized carbons (Fsp3) is 0.375. The second-order valence-corrected chi connectivity index (χ2v) is 8.55. The molecule has 0 spiro atoms. The molecule has 0 aromatic heterocycles. The molecule has 2 heterocycles. The van der Waals surface area contributed by atoms with E-state index in [0.29, 0.717) is 48.9 Å². The third kappa shape index (κ3) is 5.29. The molecule has 4 rings (SSSR count). The standard InChI is InChI=1S/C24H27ClN4O3/c25-20-5-1-2-6-21(20)26-22(30)17-27-13-15-28(16-14-27)24(32)18-8-10-19(11-9-18)29-12-4-3-7-23(29)31/h1-2,5-6,8-11H,3-4,7,12-17H2,(H,26,30). The summed E-state index contributed by atoms with van der Waals surface area (Å²) in [5.41, 5.74) is 2.06. The minimum atomic E-state index is -0.124. The Morgan fingerprint density at radius 2 is 1.62 bits per heavy atom. The minimum absolute atomic E-state index is 0.0262. The molecule has 0 unspecified atom stereocenters. The Kier molecular flexibility index (Phi) is 7.07. The second-order valence-electron chi connectivity index (χ2n) is 8.15. The van der Waals surface area contributed by atoms with Crippen molar-refractivity contribution in [3.8, 4) is 0 Å². The van der Waals surface area contributed by atoms with Crippen molar-refractivity contribution in [3.63, 3.8) is 0 Å². The van der Waals surface area contributed by atoms with Gasteiger partial charge in [-0.15, -0.1) is 0 Å². The molecule has 2 aliphatic heterocycles. The lowest BCUT2D eigenvalue weighted by Gasteiger charge is -2.34. The molecule has 0 aliphatic carbocycles. The zero-order valence-electron chi connectivity index (χ0n) is 17.9. The van der Waals surface area contributed by atoms with Gasteiger partial charge >= 0.3 is 0 Å². The van der Waals surface area contributed by atoms with Gasteiger partial charge in [-0.1, -0.05) is 23.7 Å². The van der Waals surface area contributed by atoms with Crippen molar-refractivity contribution >= 4 is 40.7 Å². The molecule has 2 saturated heterocycles. The molecule has 3 amide bonds. The highest BCUT2D eigenvalue weighted by Gasteiger charge is 2.24. The number of nitrogens with zero attached hydrogens (tertiary/aromatic N) is 3. The van der Waals surface area contributed by atoms with Gasteiger partial charge in [-0.3, -0.25) is 19.3 Å². The fourth-order valence-electron chi connectivity index (χ4n) is 4.11. The Bertz CT molecular complexity index is 987. The first-order valence-corrected chi connectivity index (χ1v) is 11.4. The molecule has 1 N–H and O–H groups in total. The summed E-state index contributed by atoms with van der Waals surface area (Å²) in [4.78, 5) is 43.0. The van der Waals surface area contributed by atoms with Gasteiger partial charge in [0.2, 0.25) is 11.8 Å². The van der Waals surface area contributed by atoms with Crippen molar-refractivity contribution in [2.45, 2.75) is 19.3 Å². The third-order valence-corrected chi connectivity index (χ3v) is 6.25. The quantitative estimate of drug-likeness (QED) is 0.752. The molecule has 0 bridgehead atoms. The largest absolute Gasteiger partial charge is 0.336 e. The first kappa shape index (κ1) is 22.3. The first-order valence-electron chi connectivity index (χ1n) is 11.0. The molecule has 0 saturated carbocycles. The van der Waals surface area contributed by atoms with E-state index in [9.17, 15) is 14.4 Å². The van der Waals surface area contributed by atoms with Gasteiger partial charge in [0.1, 0.15) is 0 Å². The lowest BCUT2D eigenvalue weighted by atomic mass is 10.1. The number of amides is 3. The van der Waals surface area contributed by atoms with E-state index in [1.54, 1.807) is 29.2 Å². The number of para-hydroxylation sites is 1. The van der Waals surface area contributed by atoms with E-state index in [4.69, 9.17) is 11.6 Å². The number of piperidine rings is 1. The van der Waals surface area contributed by atoms with E-state index < -0.39 is 0 Å². The number of carbonyl (C=O) groups is 3. The summed E-state index contributed by atoms with van der Waals surface area (Å²) < 4.78 is 0. The van der Waals surface area contributed by atoms with Crippen LogP contribution in [0.15, 0.2) is 48.5 Å². The highest BCUT2D eigenvalue weighted by atomic mass is 35.5. The van der Waals surface area contributed by atoms with Crippen LogP contribution in [-0.2, 0) is 9.59 Å². The smallest absolute Gasteiger partial charge is 0.253 e. The van der Waals surface area contributed by atoms with Crippen molar-refractivity contribution in [3.05, 3.63) is 59.1 Å². The normalized spacial score (nSPS) is 17.3. The molecule has 168 valence electrons. The van der Waals surface area contributed by atoms with Crippen molar-refractivity contribution in [2.75, 3.05) is 49.5 Å². The predicted molar refractivity (Wildman–Crippen MR) is 125 cm³/mol. The van der Waals surface area contributed by atoms with Gasteiger partial charge < -0.3 is 15.1 Å². The van der Waals surface area contributed by atoms with Gasteiger partial charge in [-0.25, -0.2) is 0 Å². The first-order chi connectivity index (χ1) is 15.5. The van der Waals surface area contributed by atoms with Gasteiger partial charge in [0, 0.05) is 50.4 Å².